The van der Waals surface area contributed by atoms with Crippen LogP contribution in [0, 0.1) is 5.82 Å². The highest BCUT2D eigenvalue weighted by Crippen LogP contribution is 2.13. The highest BCUT2D eigenvalue weighted by Gasteiger charge is 2.09. The van der Waals surface area contributed by atoms with E-state index >= 15 is 0 Å². The zero-order valence-corrected chi connectivity index (χ0v) is 10.2. The number of hydrogen-bond donors (Lipinski definition) is 3. The smallest absolute Gasteiger partial charge is 0.251 e. The average molecular weight is 256 g/mol. The monoisotopic (exact) mass is 256 g/mol. The number of thiol groups is 1. The van der Waals surface area contributed by atoms with Gasteiger partial charge in [-0.3, -0.25) is 9.59 Å². The fourth-order valence-electron chi connectivity index (χ4n) is 1.18. The van der Waals surface area contributed by atoms with Crippen molar-refractivity contribution < 1.29 is 14.0 Å². The largest absolute Gasteiger partial charge is 0.355 e. The third kappa shape index (κ3) is 4.07. The van der Waals surface area contributed by atoms with Crippen LogP contribution in [0.5, 0.6) is 0 Å². The first-order chi connectivity index (χ1) is 8.04. The van der Waals surface area contributed by atoms with Gasteiger partial charge in [0.15, 0.2) is 0 Å². The van der Waals surface area contributed by atoms with Gasteiger partial charge in [0.1, 0.15) is 5.82 Å². The number of amides is 2. The lowest BCUT2D eigenvalue weighted by Crippen LogP contribution is -2.36. The summed E-state index contributed by atoms with van der Waals surface area (Å²) in [5, 5.41) is 4.97. The van der Waals surface area contributed by atoms with Crippen molar-refractivity contribution in [3.63, 3.8) is 0 Å². The molecule has 6 heteroatoms. The fraction of sp³-hybridized carbons (Fsp3) is 0.273. The summed E-state index contributed by atoms with van der Waals surface area (Å²) < 4.78 is 12.9. The lowest BCUT2D eigenvalue weighted by atomic mass is 10.2. The Morgan fingerprint density at radius 3 is 2.65 bits per heavy atom. The molecule has 92 valence electrons. The Labute approximate surface area is 104 Å². The zero-order chi connectivity index (χ0) is 12.8. The molecule has 1 aromatic rings. The molecule has 0 bridgehead atoms. The molecule has 0 aliphatic carbocycles. The molecule has 4 nitrogen and oxygen atoms in total. The van der Waals surface area contributed by atoms with Gasteiger partial charge in [-0.05, 0) is 25.1 Å². The third-order valence-electron chi connectivity index (χ3n) is 1.99. The SMILES string of the molecule is CCNC(=O)CNC(=O)c1ccc(F)c(S)c1. The van der Waals surface area contributed by atoms with Gasteiger partial charge in [-0.25, -0.2) is 4.39 Å². The molecule has 0 aromatic heterocycles. The zero-order valence-electron chi connectivity index (χ0n) is 9.29. The van der Waals surface area contributed by atoms with Gasteiger partial charge in [-0.2, -0.15) is 0 Å². The number of carbonyl (C=O) groups excluding carboxylic acids is 2. The summed E-state index contributed by atoms with van der Waals surface area (Å²) in [6.45, 7) is 2.19. The van der Waals surface area contributed by atoms with E-state index < -0.39 is 11.7 Å². The number of hydrogen-bond acceptors (Lipinski definition) is 3. The van der Waals surface area contributed by atoms with Crippen molar-refractivity contribution in [2.45, 2.75) is 11.8 Å². The van der Waals surface area contributed by atoms with Crippen molar-refractivity contribution in [3.05, 3.63) is 29.6 Å². The Bertz CT molecular complexity index is 437. The Morgan fingerprint density at radius 2 is 2.06 bits per heavy atom. The van der Waals surface area contributed by atoms with Crippen LogP contribution in [0.1, 0.15) is 17.3 Å². The van der Waals surface area contributed by atoms with E-state index in [4.69, 9.17) is 0 Å². The molecule has 2 amide bonds. The van der Waals surface area contributed by atoms with Crippen molar-refractivity contribution in [1.29, 1.82) is 0 Å². The number of benzene rings is 1. The first-order valence-corrected chi connectivity index (χ1v) is 5.52. The van der Waals surface area contributed by atoms with E-state index in [0.29, 0.717) is 6.54 Å². The van der Waals surface area contributed by atoms with Gasteiger partial charge in [0, 0.05) is 17.0 Å². The first-order valence-electron chi connectivity index (χ1n) is 5.08. The Morgan fingerprint density at radius 1 is 1.35 bits per heavy atom. The van der Waals surface area contributed by atoms with E-state index in [1.54, 1.807) is 6.92 Å². The van der Waals surface area contributed by atoms with Gasteiger partial charge in [-0.1, -0.05) is 0 Å². The van der Waals surface area contributed by atoms with Gasteiger partial charge in [0.25, 0.3) is 5.91 Å². The normalized spacial score (nSPS) is 9.82. The minimum atomic E-state index is -0.492. The van der Waals surface area contributed by atoms with Gasteiger partial charge in [0.2, 0.25) is 5.91 Å². The molecule has 0 spiro atoms. The molecule has 0 fully saturated rings. The van der Waals surface area contributed by atoms with E-state index in [9.17, 15) is 14.0 Å². The maximum atomic E-state index is 12.9. The van der Waals surface area contributed by atoms with Crippen LogP contribution >= 0.6 is 12.6 Å². The second-order valence-electron chi connectivity index (χ2n) is 3.30. The van der Waals surface area contributed by atoms with Crippen LogP contribution in [0.15, 0.2) is 23.1 Å². The molecule has 0 unspecified atom stereocenters. The van der Waals surface area contributed by atoms with E-state index in [1.807, 2.05) is 0 Å². The van der Waals surface area contributed by atoms with E-state index in [2.05, 4.69) is 23.3 Å². The molecule has 1 aromatic carbocycles. The maximum Gasteiger partial charge on any atom is 0.251 e. The lowest BCUT2D eigenvalue weighted by Gasteiger charge is -2.06. The molecule has 0 heterocycles. The summed E-state index contributed by atoms with van der Waals surface area (Å²) in [6.07, 6.45) is 0. The summed E-state index contributed by atoms with van der Waals surface area (Å²) in [6, 6.07) is 3.80. The Kier molecular flexibility index (Phi) is 4.96. The quantitative estimate of drug-likeness (QED) is 0.703. The second kappa shape index (κ2) is 6.24. The molecule has 0 aliphatic rings. The van der Waals surface area contributed by atoms with Crippen LogP contribution in [0.2, 0.25) is 0 Å². The molecule has 2 N–H and O–H groups in total. The predicted molar refractivity (Wildman–Crippen MR) is 64.7 cm³/mol. The second-order valence-corrected chi connectivity index (χ2v) is 3.78. The highest BCUT2D eigenvalue weighted by atomic mass is 32.1. The number of halogens is 1. The van der Waals surface area contributed by atoms with E-state index in [1.165, 1.54) is 12.1 Å². The number of nitrogens with one attached hydrogen (secondary N) is 2. The lowest BCUT2D eigenvalue weighted by molar-refractivity contribution is -0.120. The standard InChI is InChI=1S/C11H13FN2O2S/c1-2-13-10(15)6-14-11(16)7-3-4-8(12)9(17)5-7/h3-5,17H,2,6H2,1H3,(H,13,15)(H,14,16). The van der Waals surface area contributed by atoms with Gasteiger partial charge < -0.3 is 10.6 Å². The summed E-state index contributed by atoms with van der Waals surface area (Å²) in [4.78, 5) is 22.8. The topological polar surface area (TPSA) is 58.2 Å². The molecular formula is C11H13FN2O2S. The molecule has 0 saturated heterocycles. The molecule has 0 saturated carbocycles. The molecule has 0 atom stereocenters. The van der Waals surface area contributed by atoms with Crippen LogP contribution in [-0.4, -0.2) is 24.9 Å². The first kappa shape index (κ1) is 13.5. The fourth-order valence-corrected chi connectivity index (χ4v) is 1.39. The minimum Gasteiger partial charge on any atom is -0.355 e. The summed E-state index contributed by atoms with van der Waals surface area (Å²) in [5.41, 5.74) is 0.265. The number of rotatable bonds is 4. The van der Waals surface area contributed by atoms with Crippen LogP contribution in [0.3, 0.4) is 0 Å². The van der Waals surface area contributed by atoms with Crippen molar-refractivity contribution >= 4 is 24.4 Å². The average Bonchev–Trinajstić information content (AvgIpc) is 2.30. The molecule has 0 radical (unpaired) electrons. The van der Waals surface area contributed by atoms with Gasteiger partial charge >= 0.3 is 0 Å². The van der Waals surface area contributed by atoms with Crippen molar-refractivity contribution in [3.8, 4) is 0 Å². The molecule has 17 heavy (non-hydrogen) atoms. The van der Waals surface area contributed by atoms with Crippen molar-refractivity contribution in [2.24, 2.45) is 0 Å². The summed E-state index contributed by atoms with van der Waals surface area (Å²) >= 11 is 3.87. The highest BCUT2D eigenvalue weighted by molar-refractivity contribution is 7.80. The van der Waals surface area contributed by atoms with E-state index in [0.717, 1.165) is 6.07 Å². The summed E-state index contributed by atoms with van der Waals surface area (Å²) in [5.74, 6) is -1.20. The molecule has 1 rings (SSSR count). The predicted octanol–water partition coefficient (Wildman–Crippen LogP) is 0.980. The van der Waals surface area contributed by atoms with Crippen LogP contribution < -0.4 is 10.6 Å². The minimum absolute atomic E-state index is 0.0932. The van der Waals surface area contributed by atoms with Crippen LogP contribution in [0.4, 0.5) is 4.39 Å². The molecular weight excluding hydrogens is 243 g/mol. The number of likely N-dealkylation sites (N-methyl/N-ethyl adjacent to an activating group) is 1. The maximum absolute atomic E-state index is 12.9. The summed E-state index contributed by atoms with van der Waals surface area (Å²) in [7, 11) is 0. The van der Waals surface area contributed by atoms with Crippen molar-refractivity contribution in [2.75, 3.05) is 13.1 Å². The Hall–Kier alpha value is -1.56. The van der Waals surface area contributed by atoms with Gasteiger partial charge in [0.05, 0.1) is 6.54 Å². The third-order valence-corrected chi connectivity index (χ3v) is 2.33. The van der Waals surface area contributed by atoms with Crippen LogP contribution in [-0.2, 0) is 4.79 Å². The van der Waals surface area contributed by atoms with Gasteiger partial charge in [-0.15, -0.1) is 12.6 Å². The Balaban J connectivity index is 2.58. The van der Waals surface area contributed by atoms with E-state index in [-0.39, 0.29) is 22.9 Å². The van der Waals surface area contributed by atoms with Crippen molar-refractivity contribution in [1.82, 2.24) is 10.6 Å². The molecule has 0 aliphatic heterocycles. The number of carbonyl (C=O) groups is 2. The van der Waals surface area contributed by atoms with Crippen LogP contribution in [0.25, 0.3) is 0 Å².